The van der Waals surface area contributed by atoms with E-state index in [1.165, 1.54) is 0 Å². The van der Waals surface area contributed by atoms with E-state index in [4.69, 9.17) is 9.16 Å². The lowest BCUT2D eigenvalue weighted by Crippen LogP contribution is -2.43. The van der Waals surface area contributed by atoms with E-state index in [1.807, 2.05) is 18.2 Å². The summed E-state index contributed by atoms with van der Waals surface area (Å²) >= 11 is 0. The highest BCUT2D eigenvalue weighted by Gasteiger charge is 2.39. The molecule has 1 heterocycles. The Bertz CT molecular complexity index is 470. The second-order valence-corrected chi connectivity index (χ2v) is 11.0. The minimum atomic E-state index is -1.76. The van der Waals surface area contributed by atoms with Crippen LogP contribution >= 0.6 is 0 Å². The summed E-state index contributed by atoms with van der Waals surface area (Å²) in [6.07, 6.45) is 4.12. The molecule has 2 rings (SSSR count). The molecule has 0 spiro atoms. The lowest BCUT2D eigenvalue weighted by Gasteiger charge is -2.36. The van der Waals surface area contributed by atoms with Crippen molar-refractivity contribution in [3.8, 4) is 11.5 Å². The average molecular weight is 262 g/mol. The van der Waals surface area contributed by atoms with Gasteiger partial charge >= 0.3 is 0 Å². The predicted octanol–water partition coefficient (Wildman–Crippen LogP) is 4.48. The average Bonchev–Trinajstić information content (AvgIpc) is 2.27. The molecule has 98 valence electrons. The van der Waals surface area contributed by atoms with Crippen LogP contribution in [0.25, 0.3) is 6.08 Å². The topological polar surface area (TPSA) is 18.5 Å². The van der Waals surface area contributed by atoms with Crippen LogP contribution in [0, 0.1) is 0 Å². The van der Waals surface area contributed by atoms with E-state index >= 15 is 0 Å². The zero-order valence-electron chi connectivity index (χ0n) is 11.9. The second kappa shape index (κ2) is 4.46. The van der Waals surface area contributed by atoms with Crippen LogP contribution in [0.1, 0.15) is 26.3 Å². The van der Waals surface area contributed by atoms with E-state index in [0.29, 0.717) is 6.61 Å². The van der Waals surface area contributed by atoms with Gasteiger partial charge in [0.25, 0.3) is 0 Å². The molecule has 0 N–H and O–H groups in total. The third-order valence-corrected chi connectivity index (χ3v) is 8.16. The summed E-state index contributed by atoms with van der Waals surface area (Å²) in [7, 11) is -1.76. The second-order valence-electron chi connectivity index (χ2n) is 6.28. The Hall–Kier alpha value is -1.22. The van der Waals surface area contributed by atoms with Crippen molar-refractivity contribution in [1.82, 2.24) is 0 Å². The van der Waals surface area contributed by atoms with Gasteiger partial charge in [-0.2, -0.15) is 0 Å². The van der Waals surface area contributed by atoms with Gasteiger partial charge in [0.15, 0.2) is 0 Å². The number of rotatable bonds is 2. The predicted molar refractivity (Wildman–Crippen MR) is 78.8 cm³/mol. The summed E-state index contributed by atoms with van der Waals surface area (Å²) in [4.78, 5) is 0. The molecule has 0 aromatic heterocycles. The molecule has 0 atom stereocenters. The molecular formula is C15H22O2Si. The minimum absolute atomic E-state index is 0.212. The van der Waals surface area contributed by atoms with Crippen molar-refractivity contribution in [3.63, 3.8) is 0 Å². The van der Waals surface area contributed by atoms with Gasteiger partial charge in [-0.25, -0.2) is 0 Å². The number of hydrogen-bond donors (Lipinski definition) is 0. The monoisotopic (exact) mass is 262 g/mol. The largest absolute Gasteiger partial charge is 0.543 e. The molecule has 0 aliphatic carbocycles. The first-order chi connectivity index (χ1) is 8.29. The summed E-state index contributed by atoms with van der Waals surface area (Å²) in [5, 5.41) is 0.212. The zero-order chi connectivity index (χ0) is 13.4. The summed E-state index contributed by atoms with van der Waals surface area (Å²) < 4.78 is 11.9. The van der Waals surface area contributed by atoms with Crippen molar-refractivity contribution >= 4 is 14.4 Å². The Morgan fingerprint density at radius 1 is 1.22 bits per heavy atom. The lowest BCUT2D eigenvalue weighted by molar-refractivity contribution is 0.356. The van der Waals surface area contributed by atoms with Crippen molar-refractivity contribution in [2.24, 2.45) is 0 Å². The molecule has 1 aliphatic heterocycles. The number of ether oxygens (including phenoxy) is 1. The summed E-state index contributed by atoms with van der Waals surface area (Å²) in [6, 6.07) is 6.12. The third kappa shape index (κ3) is 2.61. The van der Waals surface area contributed by atoms with Gasteiger partial charge in [-0.1, -0.05) is 26.8 Å². The molecule has 0 radical (unpaired) electrons. The molecule has 0 fully saturated rings. The Kier molecular flexibility index (Phi) is 3.28. The van der Waals surface area contributed by atoms with Crippen molar-refractivity contribution in [2.75, 3.05) is 6.61 Å². The van der Waals surface area contributed by atoms with Gasteiger partial charge in [0.2, 0.25) is 8.32 Å². The van der Waals surface area contributed by atoms with Crippen LogP contribution < -0.4 is 9.16 Å². The third-order valence-electron chi connectivity index (χ3n) is 3.80. The highest BCUT2D eigenvalue weighted by atomic mass is 28.4. The van der Waals surface area contributed by atoms with Crippen LogP contribution in [0.4, 0.5) is 0 Å². The number of hydrogen-bond acceptors (Lipinski definition) is 2. The van der Waals surface area contributed by atoms with Crippen LogP contribution in [0.2, 0.25) is 18.1 Å². The normalized spacial score (nSPS) is 14.9. The maximum absolute atomic E-state index is 6.27. The maximum atomic E-state index is 6.27. The van der Waals surface area contributed by atoms with E-state index < -0.39 is 8.32 Å². The first-order valence-electron chi connectivity index (χ1n) is 6.42. The molecule has 0 bridgehead atoms. The molecule has 0 saturated heterocycles. The quantitative estimate of drug-likeness (QED) is 0.732. The molecule has 0 unspecified atom stereocenters. The van der Waals surface area contributed by atoms with Crippen molar-refractivity contribution < 1.29 is 9.16 Å². The van der Waals surface area contributed by atoms with Crippen molar-refractivity contribution in [1.29, 1.82) is 0 Å². The van der Waals surface area contributed by atoms with E-state index in [0.717, 1.165) is 17.1 Å². The molecule has 0 amide bonds. The first kappa shape index (κ1) is 13.2. The SMILES string of the molecule is CC(C)(C)[Si](C)(C)Oc1ccc2c(c1)OCC=C2. The minimum Gasteiger partial charge on any atom is -0.543 e. The van der Waals surface area contributed by atoms with Gasteiger partial charge in [-0.15, -0.1) is 0 Å². The van der Waals surface area contributed by atoms with Gasteiger partial charge in [-0.3, -0.25) is 0 Å². The summed E-state index contributed by atoms with van der Waals surface area (Å²) in [5.41, 5.74) is 1.13. The zero-order valence-corrected chi connectivity index (χ0v) is 12.9. The molecule has 1 aliphatic rings. The fourth-order valence-corrected chi connectivity index (χ4v) is 2.62. The highest BCUT2D eigenvalue weighted by molar-refractivity contribution is 6.74. The molecule has 2 nitrogen and oxygen atoms in total. The Balaban J connectivity index is 2.23. The van der Waals surface area contributed by atoms with Gasteiger partial charge in [0, 0.05) is 11.6 Å². The van der Waals surface area contributed by atoms with E-state index in [-0.39, 0.29) is 5.04 Å². The Labute approximate surface area is 111 Å². The number of benzene rings is 1. The van der Waals surface area contributed by atoms with Crippen LogP contribution in [0.15, 0.2) is 24.3 Å². The highest BCUT2D eigenvalue weighted by Crippen LogP contribution is 2.38. The van der Waals surface area contributed by atoms with Gasteiger partial charge in [-0.05, 0) is 36.3 Å². The molecule has 18 heavy (non-hydrogen) atoms. The molecule has 1 aromatic rings. The standard InChI is InChI=1S/C15H22O2Si/c1-15(2,3)18(4,5)17-13-9-8-12-7-6-10-16-14(12)11-13/h6-9,11H,10H2,1-5H3. The molecule has 3 heteroatoms. The van der Waals surface area contributed by atoms with Crippen molar-refractivity contribution in [2.45, 2.75) is 38.9 Å². The van der Waals surface area contributed by atoms with Crippen LogP contribution in [-0.2, 0) is 0 Å². The molecule has 0 saturated carbocycles. The summed E-state index contributed by atoms with van der Waals surface area (Å²) in [5.74, 6) is 1.85. The van der Waals surface area contributed by atoms with Gasteiger partial charge < -0.3 is 9.16 Å². The van der Waals surface area contributed by atoms with Gasteiger partial charge in [0.05, 0.1) is 0 Å². The van der Waals surface area contributed by atoms with E-state index in [9.17, 15) is 0 Å². The first-order valence-corrected chi connectivity index (χ1v) is 9.33. The maximum Gasteiger partial charge on any atom is 0.250 e. The smallest absolute Gasteiger partial charge is 0.250 e. The fraction of sp³-hybridized carbons (Fsp3) is 0.467. The lowest BCUT2D eigenvalue weighted by atomic mass is 10.1. The summed E-state index contributed by atoms with van der Waals surface area (Å²) in [6.45, 7) is 11.9. The van der Waals surface area contributed by atoms with Crippen molar-refractivity contribution in [3.05, 3.63) is 29.8 Å². The molecule has 1 aromatic carbocycles. The van der Waals surface area contributed by atoms with Crippen LogP contribution in [0.5, 0.6) is 11.5 Å². The Morgan fingerprint density at radius 2 is 1.94 bits per heavy atom. The number of fused-ring (bicyclic) bond motifs is 1. The van der Waals surface area contributed by atoms with E-state index in [1.54, 1.807) is 0 Å². The molecular weight excluding hydrogens is 240 g/mol. The van der Waals surface area contributed by atoms with Crippen LogP contribution in [0.3, 0.4) is 0 Å². The Morgan fingerprint density at radius 3 is 2.61 bits per heavy atom. The van der Waals surface area contributed by atoms with E-state index in [2.05, 4.69) is 46.0 Å². The van der Waals surface area contributed by atoms with Gasteiger partial charge in [0.1, 0.15) is 18.1 Å². The fourth-order valence-electron chi connectivity index (χ4n) is 1.60. The van der Waals surface area contributed by atoms with Crippen LogP contribution in [-0.4, -0.2) is 14.9 Å².